The molecule has 0 spiro atoms. The highest BCUT2D eigenvalue weighted by molar-refractivity contribution is 5.86. The SMILES string of the molecule is CCCN(C(=O)NC1(C(=O)O)CCCC(C)C1)C1CC1. The topological polar surface area (TPSA) is 69.6 Å². The second kappa shape index (κ2) is 6.02. The predicted octanol–water partition coefficient (Wildman–Crippen LogP) is 2.60. The molecule has 0 radical (unpaired) electrons. The van der Waals surface area contributed by atoms with E-state index in [2.05, 4.69) is 12.2 Å². The molecule has 0 aliphatic heterocycles. The molecular formula is C15H26N2O3. The predicted molar refractivity (Wildman–Crippen MR) is 76.5 cm³/mol. The highest BCUT2D eigenvalue weighted by Crippen LogP contribution is 2.34. The van der Waals surface area contributed by atoms with Gasteiger partial charge in [0.15, 0.2) is 0 Å². The largest absolute Gasteiger partial charge is 0.480 e. The third kappa shape index (κ3) is 3.25. The van der Waals surface area contributed by atoms with Crippen molar-refractivity contribution in [3.8, 4) is 0 Å². The Bertz CT molecular complexity index is 381. The summed E-state index contributed by atoms with van der Waals surface area (Å²) < 4.78 is 0. The second-order valence-electron chi connectivity index (χ2n) is 6.44. The van der Waals surface area contributed by atoms with Gasteiger partial charge in [0.05, 0.1) is 0 Å². The molecule has 0 bridgehead atoms. The summed E-state index contributed by atoms with van der Waals surface area (Å²) in [5.41, 5.74) is -1.06. The number of carboxylic acids is 1. The van der Waals surface area contributed by atoms with Crippen molar-refractivity contribution in [3.63, 3.8) is 0 Å². The number of hydrogen-bond acceptors (Lipinski definition) is 2. The van der Waals surface area contributed by atoms with Crippen LogP contribution in [0.15, 0.2) is 0 Å². The first-order valence-corrected chi connectivity index (χ1v) is 7.80. The van der Waals surface area contributed by atoms with Crippen LogP contribution >= 0.6 is 0 Å². The second-order valence-corrected chi connectivity index (χ2v) is 6.44. The molecular weight excluding hydrogens is 256 g/mol. The Morgan fingerprint density at radius 2 is 2.05 bits per heavy atom. The van der Waals surface area contributed by atoms with E-state index in [9.17, 15) is 14.7 Å². The maximum absolute atomic E-state index is 12.5. The van der Waals surface area contributed by atoms with Crippen molar-refractivity contribution in [1.29, 1.82) is 0 Å². The number of rotatable bonds is 5. The quantitative estimate of drug-likeness (QED) is 0.814. The number of carbonyl (C=O) groups is 2. The van der Waals surface area contributed by atoms with E-state index in [-0.39, 0.29) is 6.03 Å². The fourth-order valence-electron chi connectivity index (χ4n) is 3.27. The van der Waals surface area contributed by atoms with E-state index >= 15 is 0 Å². The lowest BCUT2D eigenvalue weighted by Gasteiger charge is -2.38. The third-order valence-electron chi connectivity index (χ3n) is 4.47. The van der Waals surface area contributed by atoms with Crippen LogP contribution in [0.1, 0.15) is 58.8 Å². The van der Waals surface area contributed by atoms with Crippen LogP contribution in [-0.4, -0.2) is 40.1 Å². The van der Waals surface area contributed by atoms with Crippen LogP contribution in [0.4, 0.5) is 4.79 Å². The molecule has 2 aliphatic carbocycles. The molecule has 20 heavy (non-hydrogen) atoms. The minimum absolute atomic E-state index is 0.189. The Morgan fingerprint density at radius 3 is 2.55 bits per heavy atom. The molecule has 2 rings (SSSR count). The molecule has 2 amide bonds. The number of hydrogen-bond donors (Lipinski definition) is 2. The van der Waals surface area contributed by atoms with Crippen molar-refractivity contribution in [2.45, 2.75) is 70.4 Å². The highest BCUT2D eigenvalue weighted by Gasteiger charge is 2.45. The van der Waals surface area contributed by atoms with Crippen LogP contribution in [0.2, 0.25) is 0 Å². The zero-order valence-corrected chi connectivity index (χ0v) is 12.5. The number of aliphatic carboxylic acids is 1. The molecule has 2 N–H and O–H groups in total. The standard InChI is InChI=1S/C15H26N2O3/c1-3-9-17(12-6-7-12)14(20)16-15(13(18)19)8-4-5-11(2)10-15/h11-12H,3-10H2,1-2H3,(H,16,20)(H,18,19). The van der Waals surface area contributed by atoms with Crippen molar-refractivity contribution < 1.29 is 14.7 Å². The van der Waals surface area contributed by atoms with Gasteiger partial charge in [0.2, 0.25) is 0 Å². The Balaban J connectivity index is 2.06. The van der Waals surface area contributed by atoms with E-state index < -0.39 is 11.5 Å². The monoisotopic (exact) mass is 282 g/mol. The molecule has 2 saturated carbocycles. The van der Waals surface area contributed by atoms with Gasteiger partial charge in [-0.05, 0) is 38.0 Å². The van der Waals surface area contributed by atoms with Gasteiger partial charge < -0.3 is 15.3 Å². The number of nitrogens with one attached hydrogen (secondary N) is 1. The number of nitrogens with zero attached hydrogens (tertiary/aromatic N) is 1. The molecule has 2 fully saturated rings. The summed E-state index contributed by atoms with van der Waals surface area (Å²) in [5, 5.41) is 12.4. The van der Waals surface area contributed by atoms with Gasteiger partial charge in [-0.1, -0.05) is 26.7 Å². The summed E-state index contributed by atoms with van der Waals surface area (Å²) in [7, 11) is 0. The Hall–Kier alpha value is -1.26. The summed E-state index contributed by atoms with van der Waals surface area (Å²) in [6.07, 6.45) is 5.99. The zero-order chi connectivity index (χ0) is 14.8. The Labute approximate surface area is 120 Å². The van der Waals surface area contributed by atoms with Crippen LogP contribution in [0.3, 0.4) is 0 Å². The number of amides is 2. The molecule has 0 aromatic carbocycles. The van der Waals surface area contributed by atoms with Crippen molar-refractivity contribution in [2.24, 2.45) is 5.92 Å². The van der Waals surface area contributed by atoms with Gasteiger partial charge in [-0.25, -0.2) is 9.59 Å². The van der Waals surface area contributed by atoms with E-state index in [1.54, 1.807) is 0 Å². The molecule has 0 saturated heterocycles. The van der Waals surface area contributed by atoms with Crippen LogP contribution in [0, 0.1) is 5.92 Å². The summed E-state index contributed by atoms with van der Waals surface area (Å²) in [6, 6.07) is 0.132. The summed E-state index contributed by atoms with van der Waals surface area (Å²) in [4.78, 5) is 26.0. The Kier molecular flexibility index (Phi) is 4.55. The van der Waals surface area contributed by atoms with Gasteiger partial charge in [0.25, 0.3) is 0 Å². The van der Waals surface area contributed by atoms with Gasteiger partial charge in [-0.3, -0.25) is 0 Å². The lowest BCUT2D eigenvalue weighted by atomic mass is 9.76. The maximum Gasteiger partial charge on any atom is 0.329 e. The number of urea groups is 1. The minimum atomic E-state index is -1.06. The molecule has 0 aromatic heterocycles. The van der Waals surface area contributed by atoms with Crippen molar-refractivity contribution in [1.82, 2.24) is 10.2 Å². The van der Waals surface area contributed by atoms with Gasteiger partial charge in [0.1, 0.15) is 5.54 Å². The summed E-state index contributed by atoms with van der Waals surface area (Å²) in [5.74, 6) is -0.537. The Morgan fingerprint density at radius 1 is 1.35 bits per heavy atom. The molecule has 5 nitrogen and oxygen atoms in total. The molecule has 2 unspecified atom stereocenters. The number of carboxylic acid groups (broad SMARTS) is 1. The fraction of sp³-hybridized carbons (Fsp3) is 0.867. The van der Waals surface area contributed by atoms with E-state index in [1.807, 2.05) is 11.8 Å². The number of carbonyl (C=O) groups excluding carboxylic acids is 1. The molecule has 114 valence electrons. The first kappa shape index (κ1) is 15.1. The minimum Gasteiger partial charge on any atom is -0.480 e. The normalized spacial score (nSPS) is 29.8. The third-order valence-corrected chi connectivity index (χ3v) is 4.47. The maximum atomic E-state index is 12.5. The molecule has 0 heterocycles. The first-order valence-electron chi connectivity index (χ1n) is 7.80. The van der Waals surface area contributed by atoms with Gasteiger partial charge in [-0.15, -0.1) is 0 Å². The lowest BCUT2D eigenvalue weighted by molar-refractivity contribution is -0.146. The van der Waals surface area contributed by atoms with E-state index in [4.69, 9.17) is 0 Å². The van der Waals surface area contributed by atoms with Crippen molar-refractivity contribution >= 4 is 12.0 Å². The molecule has 5 heteroatoms. The van der Waals surface area contributed by atoms with Crippen LogP contribution in [-0.2, 0) is 4.79 Å². The smallest absolute Gasteiger partial charge is 0.329 e. The van der Waals surface area contributed by atoms with E-state index in [0.29, 0.717) is 31.3 Å². The van der Waals surface area contributed by atoms with Crippen LogP contribution < -0.4 is 5.32 Å². The summed E-state index contributed by atoms with van der Waals surface area (Å²) in [6.45, 7) is 4.81. The molecule has 2 atom stereocenters. The van der Waals surface area contributed by atoms with Gasteiger partial charge in [-0.2, -0.15) is 0 Å². The average molecular weight is 282 g/mol. The van der Waals surface area contributed by atoms with Crippen molar-refractivity contribution in [2.75, 3.05) is 6.54 Å². The van der Waals surface area contributed by atoms with Crippen molar-refractivity contribution in [3.05, 3.63) is 0 Å². The molecule has 0 aromatic rings. The van der Waals surface area contributed by atoms with E-state index in [1.165, 1.54) is 0 Å². The van der Waals surface area contributed by atoms with Gasteiger partial charge in [0, 0.05) is 12.6 Å². The van der Waals surface area contributed by atoms with Crippen LogP contribution in [0.25, 0.3) is 0 Å². The van der Waals surface area contributed by atoms with Crippen LogP contribution in [0.5, 0.6) is 0 Å². The van der Waals surface area contributed by atoms with E-state index in [0.717, 1.165) is 32.1 Å². The first-order chi connectivity index (χ1) is 9.48. The average Bonchev–Trinajstić information content (AvgIpc) is 3.19. The lowest BCUT2D eigenvalue weighted by Crippen LogP contribution is -2.60. The fourth-order valence-corrected chi connectivity index (χ4v) is 3.27. The summed E-state index contributed by atoms with van der Waals surface area (Å²) >= 11 is 0. The molecule has 2 aliphatic rings. The highest BCUT2D eigenvalue weighted by atomic mass is 16.4. The van der Waals surface area contributed by atoms with Gasteiger partial charge >= 0.3 is 12.0 Å². The zero-order valence-electron chi connectivity index (χ0n) is 12.5.